The Balaban J connectivity index is 2.24. The first-order valence-corrected chi connectivity index (χ1v) is 6.39. The zero-order valence-electron chi connectivity index (χ0n) is 11.5. The molecule has 0 saturated carbocycles. The molecule has 0 bridgehead atoms. The highest BCUT2D eigenvalue weighted by molar-refractivity contribution is 5.83. The van der Waals surface area contributed by atoms with Gasteiger partial charge in [-0.25, -0.2) is 0 Å². The molecule has 0 saturated heterocycles. The fourth-order valence-corrected chi connectivity index (χ4v) is 1.80. The summed E-state index contributed by atoms with van der Waals surface area (Å²) in [6.07, 6.45) is 0. The van der Waals surface area contributed by atoms with E-state index in [2.05, 4.69) is 32.2 Å². The molecule has 0 aliphatic heterocycles. The molecule has 0 aliphatic rings. The van der Waals surface area contributed by atoms with E-state index < -0.39 is 0 Å². The summed E-state index contributed by atoms with van der Waals surface area (Å²) < 4.78 is 11.4. The van der Waals surface area contributed by atoms with E-state index >= 15 is 0 Å². The van der Waals surface area contributed by atoms with Gasteiger partial charge < -0.3 is 14.5 Å². The molecule has 18 heavy (non-hydrogen) atoms. The van der Waals surface area contributed by atoms with Crippen molar-refractivity contribution < 1.29 is 9.15 Å². The van der Waals surface area contributed by atoms with Gasteiger partial charge in [0.15, 0.2) is 11.3 Å². The predicted octanol–water partition coefficient (Wildman–Crippen LogP) is 3.72. The lowest BCUT2D eigenvalue weighted by Crippen LogP contribution is -2.34. The van der Waals surface area contributed by atoms with Crippen LogP contribution in [0.25, 0.3) is 11.0 Å². The first-order valence-electron chi connectivity index (χ1n) is 6.39. The van der Waals surface area contributed by atoms with Crippen molar-refractivity contribution in [3.63, 3.8) is 0 Å². The van der Waals surface area contributed by atoms with Crippen LogP contribution < -0.4 is 10.1 Å². The Morgan fingerprint density at radius 1 is 1.28 bits per heavy atom. The number of ether oxygens (including phenoxy) is 1. The molecule has 0 aliphatic carbocycles. The van der Waals surface area contributed by atoms with Crippen molar-refractivity contribution in [2.75, 3.05) is 6.61 Å². The Labute approximate surface area is 108 Å². The van der Waals surface area contributed by atoms with Crippen LogP contribution in [0.4, 0.5) is 0 Å². The van der Waals surface area contributed by atoms with E-state index in [1.54, 1.807) is 0 Å². The van der Waals surface area contributed by atoms with Gasteiger partial charge in [0.25, 0.3) is 0 Å². The molecular formula is C15H21NO2. The zero-order chi connectivity index (χ0) is 13.2. The summed E-state index contributed by atoms with van der Waals surface area (Å²) >= 11 is 0. The van der Waals surface area contributed by atoms with Gasteiger partial charge in [-0.15, -0.1) is 0 Å². The molecule has 3 heteroatoms. The molecule has 0 amide bonds. The molecule has 0 fully saturated rings. The van der Waals surface area contributed by atoms with Gasteiger partial charge in [-0.1, -0.05) is 12.1 Å². The Bertz CT molecular complexity index is 523. The van der Waals surface area contributed by atoms with E-state index in [0.29, 0.717) is 6.61 Å². The van der Waals surface area contributed by atoms with Crippen molar-refractivity contribution in [1.29, 1.82) is 0 Å². The van der Waals surface area contributed by atoms with Crippen LogP contribution in [0.3, 0.4) is 0 Å². The molecule has 0 radical (unpaired) electrons. The lowest BCUT2D eigenvalue weighted by molar-refractivity contribution is 0.336. The molecular weight excluding hydrogens is 226 g/mol. The fourth-order valence-electron chi connectivity index (χ4n) is 1.80. The number of hydrogen-bond donors (Lipinski definition) is 1. The number of furan rings is 1. The lowest BCUT2D eigenvalue weighted by atomic mass is 10.1. The Kier molecular flexibility index (Phi) is 3.62. The van der Waals surface area contributed by atoms with Crippen LogP contribution >= 0.6 is 0 Å². The largest absolute Gasteiger partial charge is 0.490 e. The van der Waals surface area contributed by atoms with Crippen LogP contribution in [0.5, 0.6) is 5.75 Å². The number of fused-ring (bicyclic) bond motifs is 1. The van der Waals surface area contributed by atoms with Crippen molar-refractivity contribution in [3.8, 4) is 5.75 Å². The zero-order valence-corrected chi connectivity index (χ0v) is 11.5. The topological polar surface area (TPSA) is 34.4 Å². The molecule has 0 spiro atoms. The minimum Gasteiger partial charge on any atom is -0.490 e. The molecule has 1 aromatic carbocycles. The van der Waals surface area contributed by atoms with E-state index in [0.717, 1.165) is 29.0 Å². The second-order valence-corrected chi connectivity index (χ2v) is 5.42. The van der Waals surface area contributed by atoms with Gasteiger partial charge in [0, 0.05) is 10.9 Å². The van der Waals surface area contributed by atoms with Crippen LogP contribution in [0, 0.1) is 0 Å². The van der Waals surface area contributed by atoms with Gasteiger partial charge in [0.1, 0.15) is 5.76 Å². The Hall–Kier alpha value is -1.48. The number of benzene rings is 1. The average Bonchev–Trinajstić information content (AvgIpc) is 2.70. The summed E-state index contributed by atoms with van der Waals surface area (Å²) in [5, 5.41) is 4.51. The van der Waals surface area contributed by atoms with Crippen LogP contribution in [0.15, 0.2) is 28.7 Å². The molecule has 1 N–H and O–H groups in total. The van der Waals surface area contributed by atoms with Gasteiger partial charge in [-0.3, -0.25) is 0 Å². The van der Waals surface area contributed by atoms with E-state index in [9.17, 15) is 0 Å². The molecule has 1 heterocycles. The second kappa shape index (κ2) is 5.02. The number of rotatable bonds is 4. The maximum atomic E-state index is 5.86. The summed E-state index contributed by atoms with van der Waals surface area (Å²) in [7, 11) is 0. The van der Waals surface area contributed by atoms with E-state index in [-0.39, 0.29) is 5.54 Å². The van der Waals surface area contributed by atoms with E-state index in [4.69, 9.17) is 9.15 Å². The van der Waals surface area contributed by atoms with Gasteiger partial charge >= 0.3 is 0 Å². The molecule has 3 nitrogen and oxygen atoms in total. The summed E-state index contributed by atoms with van der Waals surface area (Å²) in [4.78, 5) is 0. The minimum atomic E-state index is 0.0850. The second-order valence-electron chi connectivity index (χ2n) is 5.42. The van der Waals surface area contributed by atoms with Gasteiger partial charge in [-0.05, 0) is 39.8 Å². The molecule has 1 aromatic heterocycles. The van der Waals surface area contributed by atoms with Crippen molar-refractivity contribution in [1.82, 2.24) is 5.32 Å². The lowest BCUT2D eigenvalue weighted by Gasteiger charge is -2.19. The van der Waals surface area contributed by atoms with Gasteiger partial charge in [0.2, 0.25) is 0 Å². The van der Waals surface area contributed by atoms with Crippen LogP contribution in [-0.2, 0) is 6.54 Å². The van der Waals surface area contributed by atoms with Gasteiger partial charge in [0.05, 0.1) is 13.2 Å². The quantitative estimate of drug-likeness (QED) is 0.894. The maximum absolute atomic E-state index is 5.86. The Morgan fingerprint density at radius 3 is 2.72 bits per heavy atom. The highest BCUT2D eigenvalue weighted by Crippen LogP contribution is 2.28. The predicted molar refractivity (Wildman–Crippen MR) is 74.0 cm³/mol. The molecule has 0 atom stereocenters. The summed E-state index contributed by atoms with van der Waals surface area (Å²) in [6.45, 7) is 9.77. The van der Waals surface area contributed by atoms with E-state index in [1.165, 1.54) is 0 Å². The molecule has 2 aromatic rings. The molecule has 0 unspecified atom stereocenters. The monoisotopic (exact) mass is 247 g/mol. The van der Waals surface area contributed by atoms with Gasteiger partial charge in [-0.2, -0.15) is 0 Å². The van der Waals surface area contributed by atoms with Crippen molar-refractivity contribution in [3.05, 3.63) is 30.0 Å². The smallest absolute Gasteiger partial charge is 0.176 e. The number of hydrogen-bond acceptors (Lipinski definition) is 3. The van der Waals surface area contributed by atoms with Crippen molar-refractivity contribution in [2.24, 2.45) is 0 Å². The van der Waals surface area contributed by atoms with Crippen LogP contribution in [0.1, 0.15) is 33.5 Å². The Morgan fingerprint density at radius 2 is 2.06 bits per heavy atom. The summed E-state index contributed by atoms with van der Waals surface area (Å²) in [6, 6.07) is 8.04. The fraction of sp³-hybridized carbons (Fsp3) is 0.467. The van der Waals surface area contributed by atoms with Crippen molar-refractivity contribution >= 4 is 11.0 Å². The van der Waals surface area contributed by atoms with Crippen LogP contribution in [0.2, 0.25) is 0 Å². The molecule has 2 rings (SSSR count). The van der Waals surface area contributed by atoms with E-state index in [1.807, 2.05) is 25.1 Å². The third-order valence-electron chi connectivity index (χ3n) is 2.65. The highest BCUT2D eigenvalue weighted by atomic mass is 16.5. The summed E-state index contributed by atoms with van der Waals surface area (Å²) in [5.41, 5.74) is 0.923. The molecule has 98 valence electrons. The maximum Gasteiger partial charge on any atom is 0.176 e. The number of para-hydroxylation sites is 1. The first kappa shape index (κ1) is 13.0. The SMILES string of the molecule is CCOc1cccc2cc(CNC(C)(C)C)oc12. The standard InChI is InChI=1S/C15H21NO2/c1-5-17-13-8-6-7-11-9-12(18-14(11)13)10-16-15(2,3)4/h6-9,16H,5,10H2,1-4H3. The third-order valence-corrected chi connectivity index (χ3v) is 2.65. The minimum absolute atomic E-state index is 0.0850. The summed E-state index contributed by atoms with van der Waals surface area (Å²) in [5.74, 6) is 1.75. The van der Waals surface area contributed by atoms with Crippen molar-refractivity contribution in [2.45, 2.75) is 39.8 Å². The normalized spacial score (nSPS) is 12.0. The number of nitrogens with one attached hydrogen (secondary N) is 1. The average molecular weight is 247 g/mol. The third kappa shape index (κ3) is 3.05. The van der Waals surface area contributed by atoms with Crippen LogP contribution in [-0.4, -0.2) is 12.1 Å². The highest BCUT2D eigenvalue weighted by Gasteiger charge is 2.12. The first-order chi connectivity index (χ1) is 8.49.